The van der Waals surface area contributed by atoms with Crippen molar-refractivity contribution in [3.8, 4) is 5.75 Å². The van der Waals surface area contributed by atoms with E-state index in [-0.39, 0.29) is 0 Å². The topological polar surface area (TPSA) is 76.7 Å². The number of urea groups is 1. The van der Waals surface area contributed by atoms with Crippen molar-refractivity contribution in [2.75, 3.05) is 25.6 Å². The number of nitrogens with one attached hydrogen (secondary N) is 2. The smallest absolute Gasteiger partial charge is 0.339 e. The monoisotopic (exact) mass is 370 g/mol. The summed E-state index contributed by atoms with van der Waals surface area (Å²) in [4.78, 5) is 23.8. The number of methoxy groups -OCH3 is 1. The third-order valence-corrected chi connectivity index (χ3v) is 4.29. The number of carbonyl (C=O) groups excluding carboxylic acids is 2. The van der Waals surface area contributed by atoms with E-state index in [1.807, 2.05) is 18.2 Å². The van der Waals surface area contributed by atoms with Gasteiger partial charge < -0.3 is 20.1 Å². The van der Waals surface area contributed by atoms with Crippen molar-refractivity contribution in [3.63, 3.8) is 0 Å². The highest BCUT2D eigenvalue weighted by molar-refractivity contribution is 6.00. The molecule has 0 bridgehead atoms. The Bertz CT molecular complexity index is 776. The molecule has 1 atom stereocenters. The van der Waals surface area contributed by atoms with Crippen molar-refractivity contribution in [1.29, 1.82) is 0 Å². The molecule has 0 spiro atoms. The summed E-state index contributed by atoms with van der Waals surface area (Å²) >= 11 is 0. The van der Waals surface area contributed by atoms with E-state index in [1.165, 1.54) is 7.11 Å². The Morgan fingerprint density at radius 2 is 1.78 bits per heavy atom. The summed E-state index contributed by atoms with van der Waals surface area (Å²) in [7, 11) is 1.30. The van der Waals surface area contributed by atoms with Gasteiger partial charge in [-0.2, -0.15) is 0 Å². The number of esters is 1. The van der Waals surface area contributed by atoms with Gasteiger partial charge in [-0.15, -0.1) is 0 Å². The average Bonchev–Trinajstić information content (AvgIpc) is 2.70. The maximum Gasteiger partial charge on any atom is 0.339 e. The van der Waals surface area contributed by atoms with Gasteiger partial charge in [0.1, 0.15) is 12.4 Å². The minimum absolute atomic E-state index is 0.300. The summed E-state index contributed by atoms with van der Waals surface area (Å²) in [6.07, 6.45) is 1.03. The van der Waals surface area contributed by atoms with Crippen LogP contribution in [0, 0.1) is 0 Å². The van der Waals surface area contributed by atoms with Crippen LogP contribution >= 0.6 is 0 Å². The summed E-state index contributed by atoms with van der Waals surface area (Å²) in [6.45, 7) is 4.98. The molecule has 27 heavy (non-hydrogen) atoms. The highest BCUT2D eigenvalue weighted by Crippen LogP contribution is 2.28. The van der Waals surface area contributed by atoms with Crippen LogP contribution in [0.5, 0.6) is 5.75 Å². The fourth-order valence-corrected chi connectivity index (χ4v) is 2.61. The molecular weight excluding hydrogens is 344 g/mol. The molecule has 2 aromatic rings. The summed E-state index contributed by atoms with van der Waals surface area (Å²) in [5, 5.41) is 5.38. The molecule has 0 saturated carbocycles. The van der Waals surface area contributed by atoms with E-state index in [4.69, 9.17) is 9.47 Å². The normalized spacial score (nSPS) is 11.4. The molecule has 0 aliphatic heterocycles. The summed E-state index contributed by atoms with van der Waals surface area (Å²) in [5.41, 5.74) is 1.86. The van der Waals surface area contributed by atoms with Gasteiger partial charge in [0.25, 0.3) is 0 Å². The molecule has 2 amide bonds. The highest BCUT2D eigenvalue weighted by Gasteiger charge is 2.13. The van der Waals surface area contributed by atoms with Crippen LogP contribution in [0.4, 0.5) is 10.5 Å². The predicted octanol–water partition coefficient (Wildman–Crippen LogP) is 4.19. The molecular formula is C21H26N2O4. The van der Waals surface area contributed by atoms with Gasteiger partial charge >= 0.3 is 12.0 Å². The lowest BCUT2D eigenvalue weighted by molar-refractivity contribution is 0.0602. The van der Waals surface area contributed by atoms with Crippen LogP contribution in [0.15, 0.2) is 48.5 Å². The highest BCUT2D eigenvalue weighted by atomic mass is 16.5. The molecule has 0 saturated heterocycles. The number of carbonyl (C=O) groups is 2. The molecule has 144 valence electrons. The Morgan fingerprint density at radius 1 is 1.07 bits per heavy atom. The van der Waals surface area contributed by atoms with Crippen LogP contribution in [-0.2, 0) is 4.74 Å². The third kappa shape index (κ3) is 5.74. The maximum absolute atomic E-state index is 12.1. The van der Waals surface area contributed by atoms with E-state index in [2.05, 4.69) is 30.5 Å². The van der Waals surface area contributed by atoms with E-state index >= 15 is 0 Å². The first-order chi connectivity index (χ1) is 13.1. The van der Waals surface area contributed by atoms with E-state index < -0.39 is 12.0 Å². The van der Waals surface area contributed by atoms with Crippen molar-refractivity contribution in [2.45, 2.75) is 26.2 Å². The lowest BCUT2D eigenvalue weighted by Crippen LogP contribution is -2.32. The zero-order valence-electron chi connectivity index (χ0n) is 16.0. The average molecular weight is 370 g/mol. The number of anilines is 1. The van der Waals surface area contributed by atoms with Gasteiger partial charge in [0.05, 0.1) is 24.9 Å². The molecule has 6 nitrogen and oxygen atoms in total. The van der Waals surface area contributed by atoms with Crippen LogP contribution in [0.2, 0.25) is 0 Å². The summed E-state index contributed by atoms with van der Waals surface area (Å²) in [5.74, 6) is 0.744. The predicted molar refractivity (Wildman–Crippen MR) is 105 cm³/mol. The lowest BCUT2D eigenvalue weighted by Gasteiger charge is -2.16. The fraction of sp³-hybridized carbons (Fsp3) is 0.333. The van der Waals surface area contributed by atoms with Crippen LogP contribution in [-0.4, -0.2) is 32.3 Å². The minimum Gasteiger partial charge on any atom is -0.491 e. The Labute approximate surface area is 159 Å². The fourth-order valence-electron chi connectivity index (χ4n) is 2.61. The largest absolute Gasteiger partial charge is 0.491 e. The number of hydrogen-bond donors (Lipinski definition) is 2. The van der Waals surface area contributed by atoms with E-state index in [9.17, 15) is 9.59 Å². The van der Waals surface area contributed by atoms with E-state index in [1.54, 1.807) is 24.3 Å². The van der Waals surface area contributed by atoms with E-state index in [0.29, 0.717) is 30.3 Å². The lowest BCUT2D eigenvalue weighted by atomic mass is 9.98. The van der Waals surface area contributed by atoms with Crippen molar-refractivity contribution >= 4 is 17.7 Å². The standard InChI is InChI=1S/C21H26N2O4/c1-4-15(2)16-9-6-8-12-19(16)27-14-13-22-21(25)23-18-11-7-5-10-17(18)20(24)26-3/h5-12,15H,4,13-14H2,1-3H3,(H2,22,23,25). The van der Waals surface area contributed by atoms with Crippen molar-refractivity contribution in [1.82, 2.24) is 5.32 Å². The van der Waals surface area contributed by atoms with Crippen molar-refractivity contribution < 1.29 is 19.1 Å². The van der Waals surface area contributed by atoms with Gasteiger partial charge in [-0.1, -0.05) is 44.2 Å². The Balaban J connectivity index is 1.85. The van der Waals surface area contributed by atoms with Crippen LogP contribution < -0.4 is 15.4 Å². The molecule has 6 heteroatoms. The SMILES string of the molecule is CCC(C)c1ccccc1OCCNC(=O)Nc1ccccc1C(=O)OC. The van der Waals surface area contributed by atoms with Gasteiger partial charge in [0.15, 0.2) is 0 Å². The molecule has 2 aromatic carbocycles. The molecule has 0 heterocycles. The van der Waals surface area contributed by atoms with Crippen LogP contribution in [0.25, 0.3) is 0 Å². The first-order valence-electron chi connectivity index (χ1n) is 9.00. The minimum atomic E-state index is -0.504. The van der Waals surface area contributed by atoms with Crippen molar-refractivity contribution in [3.05, 3.63) is 59.7 Å². The van der Waals surface area contributed by atoms with Crippen LogP contribution in [0.3, 0.4) is 0 Å². The van der Waals surface area contributed by atoms with Gasteiger partial charge in [-0.05, 0) is 36.1 Å². The van der Waals surface area contributed by atoms with Gasteiger partial charge in [-0.25, -0.2) is 9.59 Å². The second-order valence-electron chi connectivity index (χ2n) is 6.11. The molecule has 0 radical (unpaired) electrons. The number of para-hydroxylation sites is 2. The molecule has 0 fully saturated rings. The molecule has 0 aliphatic carbocycles. The summed E-state index contributed by atoms with van der Waals surface area (Å²) < 4.78 is 10.5. The Kier molecular flexibility index (Phi) is 7.67. The van der Waals surface area contributed by atoms with Gasteiger partial charge in [-0.3, -0.25) is 0 Å². The number of benzene rings is 2. The molecule has 2 N–H and O–H groups in total. The van der Waals surface area contributed by atoms with Gasteiger partial charge in [0, 0.05) is 0 Å². The molecule has 1 unspecified atom stereocenters. The first kappa shape index (κ1) is 20.3. The molecule has 2 rings (SSSR count). The number of hydrogen-bond acceptors (Lipinski definition) is 4. The summed E-state index contributed by atoms with van der Waals surface area (Å²) in [6, 6.07) is 14.2. The third-order valence-electron chi connectivity index (χ3n) is 4.29. The maximum atomic E-state index is 12.1. The second-order valence-corrected chi connectivity index (χ2v) is 6.11. The quantitative estimate of drug-likeness (QED) is 0.540. The van der Waals surface area contributed by atoms with Crippen LogP contribution in [0.1, 0.15) is 42.1 Å². The number of ether oxygens (including phenoxy) is 2. The molecule has 0 aromatic heterocycles. The zero-order valence-corrected chi connectivity index (χ0v) is 16.0. The second kappa shape index (κ2) is 10.2. The van der Waals surface area contributed by atoms with Crippen molar-refractivity contribution in [2.24, 2.45) is 0 Å². The Hall–Kier alpha value is -3.02. The number of amides is 2. The zero-order chi connectivity index (χ0) is 19.6. The Morgan fingerprint density at radius 3 is 2.52 bits per heavy atom. The van der Waals surface area contributed by atoms with Gasteiger partial charge in [0.2, 0.25) is 0 Å². The van der Waals surface area contributed by atoms with E-state index in [0.717, 1.165) is 17.7 Å². The first-order valence-corrected chi connectivity index (χ1v) is 9.00. The number of rotatable bonds is 8. The molecule has 0 aliphatic rings.